The van der Waals surface area contributed by atoms with Crippen LogP contribution in [-0.4, -0.2) is 50.2 Å². The number of nitrogens with zero attached hydrogens (tertiary/aromatic N) is 3. The lowest BCUT2D eigenvalue weighted by molar-refractivity contribution is -0.130. The summed E-state index contributed by atoms with van der Waals surface area (Å²) in [4.78, 5) is 28.0. The molecule has 2 N–H and O–H groups in total. The monoisotopic (exact) mass is 554 g/mol. The lowest BCUT2D eigenvalue weighted by Crippen LogP contribution is -2.51. The van der Waals surface area contributed by atoms with Gasteiger partial charge in [-0.1, -0.05) is 41.9 Å². The Morgan fingerprint density at radius 2 is 2.03 bits per heavy atom. The average Bonchev–Trinajstić information content (AvgIpc) is 3.24. The Balaban J connectivity index is 1.45. The van der Waals surface area contributed by atoms with Crippen molar-refractivity contribution >= 4 is 34.9 Å². The first kappa shape index (κ1) is 27.4. The summed E-state index contributed by atoms with van der Waals surface area (Å²) in [5, 5.41) is 15.3. The lowest BCUT2D eigenvalue weighted by atomic mass is 9.81. The maximum Gasteiger partial charge on any atom is 0.407 e. The van der Waals surface area contributed by atoms with Crippen molar-refractivity contribution in [3.05, 3.63) is 70.6 Å². The van der Waals surface area contributed by atoms with Crippen molar-refractivity contribution in [2.24, 2.45) is 5.92 Å². The molecule has 38 heavy (non-hydrogen) atoms. The number of amides is 1. The Morgan fingerprint density at radius 1 is 1.29 bits per heavy atom. The number of carbonyl (C=O) groups is 2. The lowest BCUT2D eigenvalue weighted by Gasteiger charge is -2.35. The fourth-order valence-corrected chi connectivity index (χ4v) is 4.62. The van der Waals surface area contributed by atoms with Crippen LogP contribution in [0.2, 0.25) is 5.15 Å². The molecule has 2 heterocycles. The van der Waals surface area contributed by atoms with E-state index in [1.54, 1.807) is 30.3 Å². The maximum absolute atomic E-state index is 14.6. The van der Waals surface area contributed by atoms with Gasteiger partial charge in [0.25, 0.3) is 12.3 Å². The van der Waals surface area contributed by atoms with Crippen molar-refractivity contribution in [2.45, 2.75) is 50.7 Å². The van der Waals surface area contributed by atoms with Crippen molar-refractivity contribution in [3.8, 4) is 0 Å². The number of aliphatic carboxylic acids is 1. The molecule has 1 fully saturated rings. The quantitative estimate of drug-likeness (QED) is 0.286. The van der Waals surface area contributed by atoms with Gasteiger partial charge >= 0.3 is 12.1 Å². The molecule has 0 bridgehead atoms. The molecule has 1 aliphatic rings. The highest BCUT2D eigenvalue weighted by Crippen LogP contribution is 2.38. The molecule has 13 heteroatoms. The average molecular weight is 555 g/mol. The van der Waals surface area contributed by atoms with Crippen LogP contribution in [0, 0.1) is 5.92 Å². The predicted molar refractivity (Wildman–Crippen MR) is 129 cm³/mol. The molecule has 1 amide bonds. The number of nitrogens with one attached hydrogen (secondary N) is 1. The van der Waals surface area contributed by atoms with Crippen LogP contribution in [-0.2, 0) is 22.6 Å². The summed E-state index contributed by atoms with van der Waals surface area (Å²) in [5.41, 5.74) is 0.397. The fraction of sp³-hybridized carbons (Fsp3) is 0.360. The molecule has 2 unspecified atom stereocenters. The van der Waals surface area contributed by atoms with Gasteiger partial charge in [-0.3, -0.25) is 0 Å². The first-order valence-corrected chi connectivity index (χ1v) is 12.0. The minimum Gasteiger partial charge on any atom is -0.478 e. The number of alkyl carbamates (subject to hydrolysis) is 1. The summed E-state index contributed by atoms with van der Waals surface area (Å²) in [6.07, 6.45) is -2.23. The van der Waals surface area contributed by atoms with E-state index in [9.17, 15) is 32.3 Å². The number of hydrogen-bond acceptors (Lipinski definition) is 5. The standard InChI is InChI=1S/C25H23ClF4N4O4/c26-22-17(18(23(35)36)10-20(27)28)11-21-31-16(12-34(21)33-22)8-15-6-7-25(29,30)19(9-15)32-24(37)38-13-14-4-2-1-3-5-14/h1-5,10-12,15,19-20H,6-9,13H2,(H,32,37)(H,35,36). The van der Waals surface area contributed by atoms with Crippen LogP contribution in [0.3, 0.4) is 0 Å². The number of carbonyl (C=O) groups excluding carboxylic acids is 1. The molecule has 0 aliphatic heterocycles. The number of imidazole rings is 1. The normalized spacial score (nSPS) is 19.5. The van der Waals surface area contributed by atoms with E-state index in [4.69, 9.17) is 16.3 Å². The fourth-order valence-electron chi connectivity index (χ4n) is 4.39. The van der Waals surface area contributed by atoms with Crippen molar-refractivity contribution < 1.29 is 37.0 Å². The van der Waals surface area contributed by atoms with Gasteiger partial charge in [-0.05, 0) is 42.9 Å². The Labute approximate surface area is 219 Å². The van der Waals surface area contributed by atoms with Crippen LogP contribution in [0.4, 0.5) is 22.4 Å². The third kappa shape index (κ3) is 6.60. The van der Waals surface area contributed by atoms with Crippen molar-refractivity contribution in [1.82, 2.24) is 19.9 Å². The van der Waals surface area contributed by atoms with Gasteiger partial charge in [0, 0.05) is 12.0 Å². The number of carboxylic acid groups (broad SMARTS) is 1. The largest absolute Gasteiger partial charge is 0.478 e. The molecule has 4 rings (SSSR count). The highest BCUT2D eigenvalue weighted by Gasteiger charge is 2.45. The van der Waals surface area contributed by atoms with Crippen LogP contribution < -0.4 is 5.32 Å². The van der Waals surface area contributed by atoms with E-state index in [2.05, 4.69) is 15.4 Å². The molecule has 8 nitrogen and oxygen atoms in total. The number of benzene rings is 1. The van der Waals surface area contributed by atoms with E-state index >= 15 is 0 Å². The summed E-state index contributed by atoms with van der Waals surface area (Å²) in [6.45, 7) is -0.0523. The number of rotatable bonds is 8. The van der Waals surface area contributed by atoms with Gasteiger partial charge in [-0.15, -0.1) is 0 Å². The molecule has 3 aromatic rings. The molecule has 2 aromatic heterocycles. The maximum atomic E-state index is 14.6. The summed E-state index contributed by atoms with van der Waals surface area (Å²) >= 11 is 6.05. The number of allylic oxidation sites excluding steroid dienone is 1. The van der Waals surface area contributed by atoms with Gasteiger partial charge in [0.05, 0.1) is 23.5 Å². The summed E-state index contributed by atoms with van der Waals surface area (Å²) in [7, 11) is 0. The second-order valence-electron chi connectivity index (χ2n) is 8.97. The minimum absolute atomic E-state index is 0.0268. The number of alkyl halides is 4. The summed E-state index contributed by atoms with van der Waals surface area (Å²) in [6, 6.07) is 8.63. The number of fused-ring (bicyclic) bond motifs is 1. The molecular formula is C25H23ClF4N4O4. The third-order valence-electron chi connectivity index (χ3n) is 6.24. The van der Waals surface area contributed by atoms with E-state index in [1.165, 1.54) is 16.8 Å². The van der Waals surface area contributed by atoms with Crippen LogP contribution in [0.5, 0.6) is 0 Å². The number of halogens is 5. The number of hydrogen-bond donors (Lipinski definition) is 2. The molecule has 1 aliphatic carbocycles. The van der Waals surface area contributed by atoms with Gasteiger partial charge < -0.3 is 15.2 Å². The zero-order valence-electron chi connectivity index (χ0n) is 19.8. The smallest absolute Gasteiger partial charge is 0.407 e. The highest BCUT2D eigenvalue weighted by molar-refractivity contribution is 6.33. The number of ether oxygens (including phenoxy) is 1. The molecule has 2 atom stereocenters. The topological polar surface area (TPSA) is 106 Å². The SMILES string of the molecule is O=C(NC1CC(Cc2cn3nc(Cl)c(C(=CC(F)F)C(=O)O)cc3n2)CCC1(F)F)OCc1ccccc1. The third-order valence-corrected chi connectivity index (χ3v) is 6.52. The van der Waals surface area contributed by atoms with E-state index in [-0.39, 0.29) is 54.2 Å². The molecule has 0 saturated heterocycles. The van der Waals surface area contributed by atoms with Crippen molar-refractivity contribution in [3.63, 3.8) is 0 Å². The number of carboxylic acids is 1. The minimum atomic E-state index is -3.12. The van der Waals surface area contributed by atoms with Gasteiger partial charge in [0.15, 0.2) is 10.8 Å². The predicted octanol–water partition coefficient (Wildman–Crippen LogP) is 5.39. The molecular weight excluding hydrogens is 532 g/mol. The van der Waals surface area contributed by atoms with Crippen LogP contribution in [0.15, 0.2) is 48.7 Å². The summed E-state index contributed by atoms with van der Waals surface area (Å²) in [5.74, 6) is -4.98. The second-order valence-corrected chi connectivity index (χ2v) is 9.33. The zero-order valence-corrected chi connectivity index (χ0v) is 20.5. The first-order chi connectivity index (χ1) is 18.0. The second kappa shape index (κ2) is 11.4. The van der Waals surface area contributed by atoms with Gasteiger partial charge in [0.2, 0.25) is 0 Å². The van der Waals surface area contributed by atoms with Gasteiger partial charge in [0.1, 0.15) is 6.61 Å². The Bertz CT molecular complexity index is 1350. The first-order valence-electron chi connectivity index (χ1n) is 11.7. The number of aromatic nitrogens is 3. The van der Waals surface area contributed by atoms with E-state index in [1.807, 2.05) is 0 Å². The Hall–Kier alpha value is -3.67. The zero-order chi connectivity index (χ0) is 27.4. The van der Waals surface area contributed by atoms with Crippen LogP contribution >= 0.6 is 11.6 Å². The summed E-state index contributed by atoms with van der Waals surface area (Å²) < 4.78 is 61.1. The van der Waals surface area contributed by atoms with E-state index in [0.29, 0.717) is 5.69 Å². The molecule has 1 saturated carbocycles. The van der Waals surface area contributed by atoms with Crippen molar-refractivity contribution in [1.29, 1.82) is 0 Å². The molecule has 1 aromatic carbocycles. The Kier molecular flexibility index (Phi) is 8.20. The van der Waals surface area contributed by atoms with Gasteiger partial charge in [-0.2, -0.15) is 5.10 Å². The van der Waals surface area contributed by atoms with E-state index < -0.39 is 42.4 Å². The van der Waals surface area contributed by atoms with Crippen LogP contribution in [0.1, 0.15) is 36.1 Å². The molecule has 202 valence electrons. The van der Waals surface area contributed by atoms with Crippen molar-refractivity contribution in [2.75, 3.05) is 0 Å². The highest BCUT2D eigenvalue weighted by atomic mass is 35.5. The Morgan fingerprint density at radius 3 is 2.71 bits per heavy atom. The van der Waals surface area contributed by atoms with Crippen LogP contribution in [0.25, 0.3) is 11.2 Å². The molecule has 0 radical (unpaired) electrons. The van der Waals surface area contributed by atoms with E-state index in [0.717, 1.165) is 5.56 Å². The van der Waals surface area contributed by atoms with Gasteiger partial charge in [-0.25, -0.2) is 36.7 Å². The molecule has 0 spiro atoms.